The zero-order valence-electron chi connectivity index (χ0n) is 17.0. The predicted molar refractivity (Wildman–Crippen MR) is 105 cm³/mol. The second kappa shape index (κ2) is 9.05. The first-order valence-corrected chi connectivity index (χ1v) is 9.54. The first-order chi connectivity index (χ1) is 11.0. The molecule has 1 rings (SSSR count). The lowest BCUT2D eigenvalue weighted by atomic mass is 9.86. The number of ether oxygens (including phenoxy) is 1. The number of allylic oxidation sites excluding steroid dienone is 2. The molecule has 140 valence electrons. The highest BCUT2D eigenvalue weighted by Gasteiger charge is 2.33. The number of hydrogen-bond acceptors (Lipinski definition) is 3. The molecule has 0 spiro atoms. The largest absolute Gasteiger partial charge is 0.405 e. The van der Waals surface area contributed by atoms with Gasteiger partial charge in [-0.25, -0.2) is 0 Å². The van der Waals surface area contributed by atoms with E-state index in [0.717, 1.165) is 32.1 Å². The summed E-state index contributed by atoms with van der Waals surface area (Å²) in [6.45, 7) is 15.7. The standard InChI is InChI=1S/C21H40N2O/c1-8-18(13-16(10-12-22)9-11-20(2,3)4)24-19-14-17(15-19)23-21(5,6)7/h10,12-13,17-19,23H,8-9,11,14-15,22H2,1-7H3/b12-10-,16-13-. The van der Waals surface area contributed by atoms with Gasteiger partial charge in [-0.05, 0) is 76.1 Å². The summed E-state index contributed by atoms with van der Waals surface area (Å²) in [7, 11) is 0. The van der Waals surface area contributed by atoms with Crippen LogP contribution in [-0.2, 0) is 4.74 Å². The van der Waals surface area contributed by atoms with E-state index in [1.165, 1.54) is 5.57 Å². The van der Waals surface area contributed by atoms with E-state index in [2.05, 4.69) is 59.9 Å². The molecule has 0 aromatic heterocycles. The highest BCUT2D eigenvalue weighted by atomic mass is 16.5. The van der Waals surface area contributed by atoms with E-state index in [9.17, 15) is 0 Å². The maximum absolute atomic E-state index is 6.30. The van der Waals surface area contributed by atoms with E-state index in [4.69, 9.17) is 10.5 Å². The second-order valence-corrected chi connectivity index (χ2v) is 9.43. The topological polar surface area (TPSA) is 47.3 Å². The zero-order valence-corrected chi connectivity index (χ0v) is 17.0. The number of rotatable bonds is 8. The molecule has 0 aliphatic heterocycles. The Balaban J connectivity index is 2.52. The summed E-state index contributed by atoms with van der Waals surface area (Å²) in [5, 5.41) is 3.65. The van der Waals surface area contributed by atoms with Crippen LogP contribution in [0.3, 0.4) is 0 Å². The van der Waals surface area contributed by atoms with Crippen molar-refractivity contribution in [3.05, 3.63) is 23.9 Å². The Morgan fingerprint density at radius 1 is 1.21 bits per heavy atom. The van der Waals surface area contributed by atoms with Crippen LogP contribution >= 0.6 is 0 Å². The van der Waals surface area contributed by atoms with E-state index in [1.54, 1.807) is 6.20 Å². The molecule has 0 saturated heterocycles. The van der Waals surface area contributed by atoms with E-state index in [1.807, 2.05) is 6.08 Å². The Morgan fingerprint density at radius 3 is 2.29 bits per heavy atom. The molecule has 1 unspecified atom stereocenters. The number of hydrogen-bond donors (Lipinski definition) is 2. The van der Waals surface area contributed by atoms with Crippen molar-refractivity contribution in [2.24, 2.45) is 11.1 Å². The molecule has 3 N–H and O–H groups in total. The van der Waals surface area contributed by atoms with Gasteiger partial charge in [0.15, 0.2) is 0 Å². The quantitative estimate of drug-likeness (QED) is 0.618. The maximum Gasteiger partial charge on any atom is 0.0762 e. The molecule has 0 radical (unpaired) electrons. The van der Waals surface area contributed by atoms with Crippen molar-refractivity contribution in [2.45, 2.75) is 104 Å². The molecule has 0 bridgehead atoms. The summed E-state index contributed by atoms with van der Waals surface area (Å²) in [6, 6.07) is 0.598. The molecule has 0 aromatic rings. The van der Waals surface area contributed by atoms with Crippen LogP contribution in [0, 0.1) is 5.41 Å². The van der Waals surface area contributed by atoms with Crippen molar-refractivity contribution in [1.82, 2.24) is 5.32 Å². The Bertz CT molecular complexity index is 420. The summed E-state index contributed by atoms with van der Waals surface area (Å²) < 4.78 is 6.30. The summed E-state index contributed by atoms with van der Waals surface area (Å²) in [5.41, 5.74) is 7.45. The lowest BCUT2D eigenvalue weighted by Crippen LogP contribution is -2.53. The van der Waals surface area contributed by atoms with Gasteiger partial charge in [0.2, 0.25) is 0 Å². The average Bonchev–Trinajstić information content (AvgIpc) is 2.39. The van der Waals surface area contributed by atoms with Crippen molar-refractivity contribution in [2.75, 3.05) is 0 Å². The summed E-state index contributed by atoms with van der Waals surface area (Å²) in [5.74, 6) is 0. The Labute approximate surface area is 150 Å². The third kappa shape index (κ3) is 8.89. The van der Waals surface area contributed by atoms with Crippen LogP contribution in [0.4, 0.5) is 0 Å². The maximum atomic E-state index is 6.30. The molecule has 24 heavy (non-hydrogen) atoms. The lowest BCUT2D eigenvalue weighted by Gasteiger charge is -2.41. The molecule has 0 amide bonds. The third-order valence-electron chi connectivity index (χ3n) is 4.38. The van der Waals surface area contributed by atoms with E-state index < -0.39 is 0 Å². The molecule has 3 heteroatoms. The van der Waals surface area contributed by atoms with Crippen molar-refractivity contribution >= 4 is 0 Å². The third-order valence-corrected chi connectivity index (χ3v) is 4.38. The summed E-state index contributed by atoms with van der Waals surface area (Å²) in [4.78, 5) is 0. The number of nitrogens with two attached hydrogens (primary N) is 1. The molecule has 1 aliphatic rings. The molecule has 0 heterocycles. The van der Waals surface area contributed by atoms with Gasteiger partial charge in [-0.15, -0.1) is 0 Å². The van der Waals surface area contributed by atoms with Gasteiger partial charge in [-0.1, -0.05) is 33.8 Å². The van der Waals surface area contributed by atoms with Gasteiger partial charge in [0, 0.05) is 11.6 Å². The fraction of sp³-hybridized carbons (Fsp3) is 0.810. The van der Waals surface area contributed by atoms with Crippen molar-refractivity contribution < 1.29 is 4.74 Å². The Hall–Kier alpha value is -0.800. The van der Waals surface area contributed by atoms with E-state index in [-0.39, 0.29) is 11.6 Å². The molecule has 0 aromatic carbocycles. The first-order valence-electron chi connectivity index (χ1n) is 9.54. The highest BCUT2D eigenvalue weighted by Crippen LogP contribution is 2.28. The molecule has 1 saturated carbocycles. The average molecular weight is 337 g/mol. The van der Waals surface area contributed by atoms with Gasteiger partial charge in [-0.3, -0.25) is 0 Å². The van der Waals surface area contributed by atoms with E-state index >= 15 is 0 Å². The van der Waals surface area contributed by atoms with Crippen LogP contribution in [0.5, 0.6) is 0 Å². The van der Waals surface area contributed by atoms with Crippen LogP contribution in [0.25, 0.3) is 0 Å². The van der Waals surface area contributed by atoms with Gasteiger partial charge in [-0.2, -0.15) is 0 Å². The molecule has 1 fully saturated rings. The Morgan fingerprint density at radius 2 is 1.83 bits per heavy atom. The number of nitrogens with one attached hydrogen (secondary N) is 1. The van der Waals surface area contributed by atoms with Gasteiger partial charge in [0.05, 0.1) is 12.2 Å². The Kier molecular flexibility index (Phi) is 8.01. The highest BCUT2D eigenvalue weighted by molar-refractivity contribution is 5.20. The van der Waals surface area contributed by atoms with Crippen LogP contribution in [0.2, 0.25) is 0 Å². The SMILES string of the molecule is CCC(/C=C(\C=C/N)CCC(C)(C)C)OC1CC(NC(C)(C)C)C1. The monoisotopic (exact) mass is 336 g/mol. The minimum Gasteiger partial charge on any atom is -0.405 e. The van der Waals surface area contributed by atoms with Crippen molar-refractivity contribution in [3.63, 3.8) is 0 Å². The van der Waals surface area contributed by atoms with Gasteiger partial charge < -0.3 is 15.8 Å². The van der Waals surface area contributed by atoms with Crippen LogP contribution in [-0.4, -0.2) is 23.8 Å². The molecule has 3 nitrogen and oxygen atoms in total. The fourth-order valence-corrected chi connectivity index (χ4v) is 3.01. The predicted octanol–water partition coefficient (Wildman–Crippen LogP) is 4.93. The lowest BCUT2D eigenvalue weighted by molar-refractivity contribution is -0.0506. The van der Waals surface area contributed by atoms with Crippen molar-refractivity contribution in [1.29, 1.82) is 0 Å². The summed E-state index contributed by atoms with van der Waals surface area (Å²) >= 11 is 0. The normalized spacial score (nSPS) is 24.2. The van der Waals surface area contributed by atoms with Gasteiger partial charge in [0.25, 0.3) is 0 Å². The summed E-state index contributed by atoms with van der Waals surface area (Å²) in [6.07, 6.45) is 12.0. The molecule has 1 aliphatic carbocycles. The fourth-order valence-electron chi connectivity index (χ4n) is 3.01. The van der Waals surface area contributed by atoms with Crippen molar-refractivity contribution in [3.8, 4) is 0 Å². The second-order valence-electron chi connectivity index (χ2n) is 9.43. The van der Waals surface area contributed by atoms with Crippen LogP contribution < -0.4 is 11.1 Å². The molecule has 1 atom stereocenters. The minimum absolute atomic E-state index is 0.186. The smallest absolute Gasteiger partial charge is 0.0762 e. The van der Waals surface area contributed by atoms with Gasteiger partial charge in [0.1, 0.15) is 0 Å². The van der Waals surface area contributed by atoms with E-state index in [0.29, 0.717) is 17.6 Å². The van der Waals surface area contributed by atoms with Gasteiger partial charge >= 0.3 is 0 Å². The minimum atomic E-state index is 0.186. The molecular formula is C21H40N2O. The van der Waals surface area contributed by atoms with Crippen LogP contribution in [0.1, 0.15) is 80.6 Å². The zero-order chi connectivity index (χ0) is 18.4. The van der Waals surface area contributed by atoms with Crippen LogP contribution in [0.15, 0.2) is 23.9 Å². The molecular weight excluding hydrogens is 296 g/mol. The first kappa shape index (κ1) is 21.2.